The molecule has 0 radical (unpaired) electrons. The Bertz CT molecular complexity index is 979. The van der Waals surface area contributed by atoms with E-state index in [4.69, 9.17) is 4.74 Å². The minimum absolute atomic E-state index is 0.0671. The van der Waals surface area contributed by atoms with Crippen molar-refractivity contribution in [2.24, 2.45) is 5.92 Å². The van der Waals surface area contributed by atoms with E-state index in [9.17, 15) is 4.79 Å². The second-order valence-corrected chi connectivity index (χ2v) is 7.84. The maximum Gasteiger partial charge on any atom is 0.227 e. The lowest BCUT2D eigenvalue weighted by molar-refractivity contribution is -0.121. The normalized spacial score (nSPS) is 15.0. The van der Waals surface area contributed by atoms with Crippen LogP contribution in [0.25, 0.3) is 11.1 Å². The first-order chi connectivity index (χ1) is 14.7. The van der Waals surface area contributed by atoms with Crippen LogP contribution in [0.1, 0.15) is 18.4 Å². The van der Waals surface area contributed by atoms with Gasteiger partial charge in [-0.25, -0.2) is 0 Å². The number of likely N-dealkylation sites (tertiary alicyclic amines) is 1. The van der Waals surface area contributed by atoms with Gasteiger partial charge in [0, 0.05) is 18.2 Å². The van der Waals surface area contributed by atoms with E-state index in [0.29, 0.717) is 0 Å². The number of amides is 1. The molecule has 4 heteroatoms. The second kappa shape index (κ2) is 9.59. The minimum atomic E-state index is 0.0671. The van der Waals surface area contributed by atoms with Gasteiger partial charge in [-0.15, -0.1) is 0 Å². The van der Waals surface area contributed by atoms with E-state index in [1.165, 1.54) is 5.56 Å². The molecule has 0 aliphatic carbocycles. The summed E-state index contributed by atoms with van der Waals surface area (Å²) in [7, 11) is 1.67. The summed E-state index contributed by atoms with van der Waals surface area (Å²) < 4.78 is 5.32. The van der Waals surface area contributed by atoms with E-state index in [1.807, 2.05) is 54.6 Å². The zero-order valence-corrected chi connectivity index (χ0v) is 17.4. The van der Waals surface area contributed by atoms with Crippen molar-refractivity contribution in [1.82, 2.24) is 4.90 Å². The van der Waals surface area contributed by atoms with Gasteiger partial charge >= 0.3 is 0 Å². The summed E-state index contributed by atoms with van der Waals surface area (Å²) in [5, 5.41) is 3.13. The van der Waals surface area contributed by atoms with E-state index in [2.05, 4.69) is 34.5 Å². The average Bonchev–Trinajstić information content (AvgIpc) is 2.80. The summed E-state index contributed by atoms with van der Waals surface area (Å²) in [6.07, 6.45) is 1.79. The van der Waals surface area contributed by atoms with Crippen LogP contribution in [0.4, 0.5) is 5.69 Å². The van der Waals surface area contributed by atoms with Gasteiger partial charge in [-0.05, 0) is 66.9 Å². The largest absolute Gasteiger partial charge is 0.497 e. The van der Waals surface area contributed by atoms with Crippen LogP contribution in [0.15, 0.2) is 78.9 Å². The third-order valence-corrected chi connectivity index (χ3v) is 5.74. The summed E-state index contributed by atoms with van der Waals surface area (Å²) in [4.78, 5) is 15.3. The fraction of sp³-hybridized carbons (Fsp3) is 0.269. The zero-order chi connectivity index (χ0) is 20.8. The molecule has 4 rings (SSSR count). The van der Waals surface area contributed by atoms with Crippen LogP contribution in [-0.4, -0.2) is 31.0 Å². The predicted molar refractivity (Wildman–Crippen MR) is 122 cm³/mol. The number of carbonyl (C=O) groups excluding carboxylic acids is 1. The SMILES string of the molecule is COc1cccc(-c2cccc(NC(=O)C3CCN(Cc4ccccc4)CC3)c2)c1. The molecule has 1 N–H and O–H groups in total. The number of nitrogens with one attached hydrogen (secondary N) is 1. The molecule has 3 aromatic carbocycles. The number of hydrogen-bond donors (Lipinski definition) is 1. The Balaban J connectivity index is 1.34. The van der Waals surface area contributed by atoms with Crippen LogP contribution >= 0.6 is 0 Å². The van der Waals surface area contributed by atoms with E-state index in [1.54, 1.807) is 7.11 Å². The Kier molecular flexibility index (Phi) is 6.45. The van der Waals surface area contributed by atoms with Gasteiger partial charge in [0.2, 0.25) is 5.91 Å². The zero-order valence-electron chi connectivity index (χ0n) is 17.4. The van der Waals surface area contributed by atoms with Crippen LogP contribution in [0.2, 0.25) is 0 Å². The van der Waals surface area contributed by atoms with E-state index < -0.39 is 0 Å². The van der Waals surface area contributed by atoms with Crippen molar-refractivity contribution in [3.63, 3.8) is 0 Å². The van der Waals surface area contributed by atoms with Gasteiger partial charge in [-0.2, -0.15) is 0 Å². The molecular weight excluding hydrogens is 372 g/mol. The van der Waals surface area contributed by atoms with Crippen molar-refractivity contribution >= 4 is 11.6 Å². The Hall–Kier alpha value is -3.11. The lowest BCUT2D eigenvalue weighted by Gasteiger charge is -2.31. The molecule has 4 nitrogen and oxygen atoms in total. The highest BCUT2D eigenvalue weighted by Crippen LogP contribution is 2.27. The Morgan fingerprint density at radius 1 is 0.933 bits per heavy atom. The minimum Gasteiger partial charge on any atom is -0.497 e. The molecule has 1 aliphatic heterocycles. The molecule has 1 heterocycles. The molecule has 154 valence electrons. The Morgan fingerprint density at radius 3 is 2.37 bits per heavy atom. The highest BCUT2D eigenvalue weighted by molar-refractivity contribution is 5.93. The lowest BCUT2D eigenvalue weighted by Crippen LogP contribution is -2.37. The highest BCUT2D eigenvalue weighted by Gasteiger charge is 2.25. The van der Waals surface area contributed by atoms with Crippen molar-refractivity contribution in [2.75, 3.05) is 25.5 Å². The van der Waals surface area contributed by atoms with Crippen LogP contribution in [0.3, 0.4) is 0 Å². The van der Waals surface area contributed by atoms with Crippen LogP contribution in [0, 0.1) is 5.92 Å². The maximum absolute atomic E-state index is 12.8. The van der Waals surface area contributed by atoms with Crippen molar-refractivity contribution in [3.8, 4) is 16.9 Å². The second-order valence-electron chi connectivity index (χ2n) is 7.84. The number of carbonyl (C=O) groups is 1. The van der Waals surface area contributed by atoms with Gasteiger partial charge in [-0.3, -0.25) is 9.69 Å². The topological polar surface area (TPSA) is 41.6 Å². The first-order valence-electron chi connectivity index (χ1n) is 10.5. The van der Waals surface area contributed by atoms with E-state index in [0.717, 1.165) is 55.0 Å². The predicted octanol–water partition coefficient (Wildman–Crippen LogP) is 5.21. The Morgan fingerprint density at radius 2 is 1.63 bits per heavy atom. The molecule has 0 spiro atoms. The van der Waals surface area contributed by atoms with Gasteiger partial charge in [0.05, 0.1) is 7.11 Å². The third-order valence-electron chi connectivity index (χ3n) is 5.74. The fourth-order valence-corrected chi connectivity index (χ4v) is 4.02. The molecule has 1 saturated heterocycles. The molecule has 1 fully saturated rings. The number of nitrogens with zero attached hydrogens (tertiary/aromatic N) is 1. The average molecular weight is 401 g/mol. The number of ether oxygens (including phenoxy) is 1. The molecule has 30 heavy (non-hydrogen) atoms. The van der Waals surface area contributed by atoms with Gasteiger partial charge in [0.1, 0.15) is 5.75 Å². The van der Waals surface area contributed by atoms with Crippen LogP contribution in [0.5, 0.6) is 5.75 Å². The summed E-state index contributed by atoms with van der Waals surface area (Å²) >= 11 is 0. The number of anilines is 1. The molecule has 1 amide bonds. The van der Waals surface area contributed by atoms with Gasteiger partial charge in [0.15, 0.2) is 0 Å². The molecule has 0 aromatic heterocycles. The smallest absolute Gasteiger partial charge is 0.227 e. The molecule has 1 aliphatic rings. The van der Waals surface area contributed by atoms with Crippen LogP contribution in [-0.2, 0) is 11.3 Å². The van der Waals surface area contributed by atoms with Crippen LogP contribution < -0.4 is 10.1 Å². The molecule has 0 saturated carbocycles. The quantitative estimate of drug-likeness (QED) is 0.617. The standard InChI is InChI=1S/C26H28N2O2/c1-30-25-12-6-10-23(18-25)22-9-5-11-24(17-22)27-26(29)21-13-15-28(16-14-21)19-20-7-3-2-4-8-20/h2-12,17-18,21H,13-16,19H2,1H3,(H,27,29). The van der Waals surface area contributed by atoms with Crippen molar-refractivity contribution in [3.05, 3.63) is 84.4 Å². The van der Waals surface area contributed by atoms with E-state index >= 15 is 0 Å². The Labute approximate surface area is 178 Å². The van der Waals surface area contributed by atoms with Crippen molar-refractivity contribution < 1.29 is 9.53 Å². The first kappa shape index (κ1) is 20.2. The van der Waals surface area contributed by atoms with Gasteiger partial charge in [-0.1, -0.05) is 54.6 Å². The molecule has 0 unspecified atom stereocenters. The molecular formula is C26H28N2O2. The van der Waals surface area contributed by atoms with Gasteiger partial charge < -0.3 is 10.1 Å². The lowest BCUT2D eigenvalue weighted by atomic mass is 9.95. The van der Waals surface area contributed by atoms with Crippen molar-refractivity contribution in [2.45, 2.75) is 19.4 Å². The fourth-order valence-electron chi connectivity index (χ4n) is 4.02. The highest BCUT2D eigenvalue weighted by atomic mass is 16.5. The summed E-state index contributed by atoms with van der Waals surface area (Å²) in [5.41, 5.74) is 4.30. The number of rotatable bonds is 6. The first-order valence-corrected chi connectivity index (χ1v) is 10.5. The van der Waals surface area contributed by atoms with Crippen molar-refractivity contribution in [1.29, 1.82) is 0 Å². The monoisotopic (exact) mass is 400 g/mol. The molecule has 3 aromatic rings. The number of piperidine rings is 1. The molecule has 0 bridgehead atoms. The van der Waals surface area contributed by atoms with Gasteiger partial charge in [0.25, 0.3) is 0 Å². The maximum atomic E-state index is 12.8. The number of methoxy groups -OCH3 is 1. The van der Waals surface area contributed by atoms with E-state index in [-0.39, 0.29) is 11.8 Å². The molecule has 0 atom stereocenters. The summed E-state index contributed by atoms with van der Waals surface area (Å²) in [6, 6.07) is 26.5. The summed E-state index contributed by atoms with van der Waals surface area (Å²) in [5.74, 6) is 1.01. The third kappa shape index (κ3) is 5.08. The summed E-state index contributed by atoms with van der Waals surface area (Å²) in [6.45, 7) is 2.87. The number of hydrogen-bond acceptors (Lipinski definition) is 3. The number of benzene rings is 3.